The molecule has 1 aromatic heterocycles. The molecule has 12 heteroatoms. The SMILES string of the molecule is Nc1nc2c(c(=O)[nH]1)CC(CNc1ccc(C(=O)NC(CCC(=O)O)OC=O)cc1)CN2. The van der Waals surface area contributed by atoms with Crippen LogP contribution >= 0.6 is 0 Å². The molecule has 3 rings (SSSR count). The predicted molar refractivity (Wildman–Crippen MR) is 115 cm³/mol. The lowest BCUT2D eigenvalue weighted by atomic mass is 9.96. The van der Waals surface area contributed by atoms with E-state index < -0.39 is 18.1 Å². The van der Waals surface area contributed by atoms with Gasteiger partial charge in [-0.25, -0.2) is 0 Å². The second-order valence-electron chi connectivity index (χ2n) is 7.31. The van der Waals surface area contributed by atoms with E-state index in [1.54, 1.807) is 24.3 Å². The van der Waals surface area contributed by atoms with Crippen LogP contribution in [0.5, 0.6) is 0 Å². The molecular weight excluding hydrogens is 420 g/mol. The van der Waals surface area contributed by atoms with Crippen molar-refractivity contribution in [3.05, 3.63) is 45.7 Å². The van der Waals surface area contributed by atoms with Crippen molar-refractivity contribution in [2.45, 2.75) is 25.5 Å². The van der Waals surface area contributed by atoms with Crippen molar-refractivity contribution in [1.82, 2.24) is 15.3 Å². The number of H-pyrrole nitrogens is 1. The number of carboxylic acids is 1. The van der Waals surface area contributed by atoms with E-state index >= 15 is 0 Å². The number of aliphatic carboxylic acids is 1. The topological polar surface area (TPSA) is 189 Å². The van der Waals surface area contributed by atoms with Gasteiger partial charge >= 0.3 is 5.97 Å². The highest BCUT2D eigenvalue weighted by molar-refractivity contribution is 5.94. The summed E-state index contributed by atoms with van der Waals surface area (Å²) >= 11 is 0. The molecule has 32 heavy (non-hydrogen) atoms. The first kappa shape index (κ1) is 22.6. The van der Waals surface area contributed by atoms with E-state index in [0.717, 1.165) is 5.69 Å². The lowest BCUT2D eigenvalue weighted by molar-refractivity contribution is -0.141. The van der Waals surface area contributed by atoms with Gasteiger partial charge in [0.25, 0.3) is 17.9 Å². The number of aromatic nitrogens is 2. The number of aromatic amines is 1. The molecule has 7 N–H and O–H groups in total. The van der Waals surface area contributed by atoms with Crippen LogP contribution in [0.2, 0.25) is 0 Å². The number of carbonyl (C=O) groups excluding carboxylic acids is 2. The summed E-state index contributed by atoms with van der Waals surface area (Å²) in [7, 11) is 0. The number of fused-ring (bicyclic) bond motifs is 1. The molecule has 2 unspecified atom stereocenters. The van der Waals surface area contributed by atoms with Gasteiger partial charge in [0.05, 0.1) is 12.0 Å². The van der Waals surface area contributed by atoms with E-state index in [4.69, 9.17) is 15.6 Å². The molecule has 1 aliphatic heterocycles. The second-order valence-corrected chi connectivity index (χ2v) is 7.31. The molecule has 170 valence electrons. The first-order valence-electron chi connectivity index (χ1n) is 9.94. The van der Waals surface area contributed by atoms with Gasteiger partial charge in [-0.3, -0.25) is 24.2 Å². The van der Waals surface area contributed by atoms with Gasteiger partial charge in [-0.1, -0.05) is 0 Å². The van der Waals surface area contributed by atoms with Gasteiger partial charge < -0.3 is 31.5 Å². The van der Waals surface area contributed by atoms with E-state index in [0.29, 0.717) is 36.5 Å². The van der Waals surface area contributed by atoms with Crippen LogP contribution in [0, 0.1) is 5.92 Å². The number of ether oxygens (including phenoxy) is 1. The van der Waals surface area contributed by atoms with E-state index in [-0.39, 0.29) is 36.7 Å². The standard InChI is InChI=1S/C20H24N6O6/c21-20-25-17-14(19(31)26-20)7-11(9-23-17)8-22-13-3-1-12(2-4-13)18(30)24-15(32-10-27)5-6-16(28)29/h1-4,10-11,15,22H,5-9H2,(H,24,30)(H,28,29)(H4,21,23,25,26,31). The molecule has 0 bridgehead atoms. The normalized spacial score (nSPS) is 15.6. The van der Waals surface area contributed by atoms with Crippen molar-refractivity contribution in [3.63, 3.8) is 0 Å². The van der Waals surface area contributed by atoms with Crippen LogP contribution < -0.4 is 27.2 Å². The Labute approximate surface area is 182 Å². The largest absolute Gasteiger partial charge is 0.481 e. The number of carbonyl (C=O) groups is 3. The van der Waals surface area contributed by atoms with Crippen LogP contribution in [0.4, 0.5) is 17.5 Å². The van der Waals surface area contributed by atoms with Crippen molar-refractivity contribution in [2.24, 2.45) is 5.92 Å². The summed E-state index contributed by atoms with van der Waals surface area (Å²) in [5, 5.41) is 17.6. The Hall–Kier alpha value is -4.09. The minimum absolute atomic E-state index is 0.0387. The van der Waals surface area contributed by atoms with Crippen LogP contribution in [0.15, 0.2) is 29.1 Å². The van der Waals surface area contributed by atoms with Crippen LogP contribution in [-0.2, 0) is 20.7 Å². The summed E-state index contributed by atoms with van der Waals surface area (Å²) in [6.45, 7) is 1.38. The van der Waals surface area contributed by atoms with Gasteiger partial charge in [0.2, 0.25) is 5.95 Å². The Morgan fingerprint density at radius 1 is 1.34 bits per heavy atom. The average molecular weight is 444 g/mol. The molecular formula is C20H24N6O6. The Balaban J connectivity index is 1.53. The minimum Gasteiger partial charge on any atom is -0.481 e. The second kappa shape index (κ2) is 10.3. The number of nitrogens with two attached hydrogens (primary N) is 1. The molecule has 0 spiro atoms. The zero-order chi connectivity index (χ0) is 23.1. The number of nitrogens with one attached hydrogen (secondary N) is 4. The quantitative estimate of drug-likeness (QED) is 0.217. The number of carboxylic acid groups (broad SMARTS) is 1. The molecule has 0 saturated heterocycles. The number of amides is 1. The molecule has 2 atom stereocenters. The monoisotopic (exact) mass is 444 g/mol. The maximum Gasteiger partial charge on any atom is 0.303 e. The van der Waals surface area contributed by atoms with Crippen molar-refractivity contribution >= 4 is 35.8 Å². The zero-order valence-corrected chi connectivity index (χ0v) is 17.1. The predicted octanol–water partition coefficient (Wildman–Crippen LogP) is 0.142. The van der Waals surface area contributed by atoms with Crippen molar-refractivity contribution in [3.8, 4) is 0 Å². The number of nitrogens with zero attached hydrogens (tertiary/aromatic N) is 1. The van der Waals surface area contributed by atoms with Gasteiger partial charge in [0, 0.05) is 30.8 Å². The van der Waals surface area contributed by atoms with Crippen molar-refractivity contribution in [1.29, 1.82) is 0 Å². The van der Waals surface area contributed by atoms with E-state index in [1.165, 1.54) is 0 Å². The highest BCUT2D eigenvalue weighted by atomic mass is 16.5. The zero-order valence-electron chi connectivity index (χ0n) is 17.1. The summed E-state index contributed by atoms with van der Waals surface area (Å²) < 4.78 is 4.72. The Kier molecular flexibility index (Phi) is 7.26. The van der Waals surface area contributed by atoms with Gasteiger partial charge in [0.15, 0.2) is 6.23 Å². The first-order valence-corrected chi connectivity index (χ1v) is 9.94. The lowest BCUT2D eigenvalue weighted by Crippen LogP contribution is -2.37. The van der Waals surface area contributed by atoms with Crippen LogP contribution in [0.1, 0.15) is 28.8 Å². The third-order valence-corrected chi connectivity index (χ3v) is 4.96. The number of anilines is 3. The van der Waals surface area contributed by atoms with Crippen LogP contribution in [0.3, 0.4) is 0 Å². The summed E-state index contributed by atoms with van der Waals surface area (Å²) in [5.74, 6) is -0.817. The number of rotatable bonds is 10. The Morgan fingerprint density at radius 2 is 2.09 bits per heavy atom. The highest BCUT2D eigenvalue weighted by Gasteiger charge is 2.22. The van der Waals surface area contributed by atoms with Gasteiger partial charge in [0.1, 0.15) is 5.82 Å². The molecule has 1 aliphatic rings. The summed E-state index contributed by atoms with van der Waals surface area (Å²) in [6, 6.07) is 6.64. The fraction of sp³-hybridized carbons (Fsp3) is 0.350. The van der Waals surface area contributed by atoms with Crippen molar-refractivity contribution < 1.29 is 24.2 Å². The number of benzene rings is 1. The Bertz CT molecular complexity index is 1040. The number of hydrogen-bond acceptors (Lipinski definition) is 9. The van der Waals surface area contributed by atoms with Crippen LogP contribution in [0.25, 0.3) is 0 Å². The lowest BCUT2D eigenvalue weighted by Gasteiger charge is -2.25. The third kappa shape index (κ3) is 5.97. The van der Waals surface area contributed by atoms with Crippen LogP contribution in [-0.4, -0.2) is 52.7 Å². The summed E-state index contributed by atoms with van der Waals surface area (Å²) in [5.41, 5.74) is 6.99. The smallest absolute Gasteiger partial charge is 0.303 e. The fourth-order valence-corrected chi connectivity index (χ4v) is 3.32. The van der Waals surface area contributed by atoms with Gasteiger partial charge in [-0.05, 0) is 36.6 Å². The Morgan fingerprint density at radius 3 is 2.78 bits per heavy atom. The molecule has 0 aliphatic carbocycles. The highest BCUT2D eigenvalue weighted by Crippen LogP contribution is 2.21. The molecule has 1 aromatic carbocycles. The number of hydrogen-bond donors (Lipinski definition) is 6. The summed E-state index contributed by atoms with van der Waals surface area (Å²) in [4.78, 5) is 52.2. The molecule has 1 amide bonds. The van der Waals surface area contributed by atoms with E-state index in [9.17, 15) is 19.2 Å². The maximum absolute atomic E-state index is 12.3. The summed E-state index contributed by atoms with van der Waals surface area (Å²) in [6.07, 6.45) is -0.767. The van der Waals surface area contributed by atoms with E-state index in [2.05, 4.69) is 25.9 Å². The molecule has 0 fully saturated rings. The minimum atomic E-state index is -1.06. The van der Waals surface area contributed by atoms with Crippen molar-refractivity contribution in [2.75, 3.05) is 29.5 Å². The molecule has 0 saturated carbocycles. The first-order chi connectivity index (χ1) is 15.4. The maximum atomic E-state index is 12.3. The van der Waals surface area contributed by atoms with E-state index in [1.807, 2.05) is 0 Å². The molecule has 2 aromatic rings. The van der Waals surface area contributed by atoms with Gasteiger partial charge in [-0.15, -0.1) is 0 Å². The number of nitrogen functional groups attached to an aromatic ring is 1. The fourth-order valence-electron chi connectivity index (χ4n) is 3.32. The molecule has 12 nitrogen and oxygen atoms in total. The molecule has 2 heterocycles. The molecule has 0 radical (unpaired) electrons. The van der Waals surface area contributed by atoms with Gasteiger partial charge in [-0.2, -0.15) is 4.98 Å². The average Bonchev–Trinajstić information content (AvgIpc) is 2.76. The third-order valence-electron chi connectivity index (χ3n) is 4.96.